The highest BCUT2D eigenvalue weighted by Gasteiger charge is 2.17. The van der Waals surface area contributed by atoms with Crippen molar-refractivity contribution in [2.24, 2.45) is 0 Å². The minimum absolute atomic E-state index is 0.0435. The van der Waals surface area contributed by atoms with Gasteiger partial charge in [0.1, 0.15) is 6.61 Å². The Bertz CT molecular complexity index is 515. The molecular weight excluding hydrogens is 269 g/mol. The van der Waals surface area contributed by atoms with E-state index >= 15 is 0 Å². The van der Waals surface area contributed by atoms with Crippen molar-refractivity contribution in [2.75, 3.05) is 19.4 Å². The summed E-state index contributed by atoms with van der Waals surface area (Å²) < 4.78 is 42.2. The third-order valence-electron chi connectivity index (χ3n) is 2.75. The first-order chi connectivity index (χ1) is 8.88. The SMILES string of the molecule is CNCc1cccc(F)c1OCCS(=O)(=O)C(C)C. The molecule has 0 aliphatic carbocycles. The first-order valence-electron chi connectivity index (χ1n) is 6.15. The van der Waals surface area contributed by atoms with Gasteiger partial charge in [-0.2, -0.15) is 0 Å². The van der Waals surface area contributed by atoms with Crippen LogP contribution in [-0.4, -0.2) is 33.1 Å². The van der Waals surface area contributed by atoms with Gasteiger partial charge in [0.25, 0.3) is 0 Å². The molecule has 1 rings (SSSR count). The first-order valence-corrected chi connectivity index (χ1v) is 7.86. The van der Waals surface area contributed by atoms with Crippen LogP contribution in [-0.2, 0) is 16.4 Å². The summed E-state index contributed by atoms with van der Waals surface area (Å²) in [6.45, 7) is 3.65. The van der Waals surface area contributed by atoms with E-state index in [0.717, 1.165) is 0 Å². The van der Waals surface area contributed by atoms with Crippen LogP contribution in [0.3, 0.4) is 0 Å². The Morgan fingerprint density at radius 2 is 2.05 bits per heavy atom. The highest BCUT2D eigenvalue weighted by atomic mass is 32.2. The fourth-order valence-electron chi connectivity index (χ4n) is 1.54. The zero-order chi connectivity index (χ0) is 14.5. The summed E-state index contributed by atoms with van der Waals surface area (Å²) in [5.74, 6) is -0.469. The van der Waals surface area contributed by atoms with E-state index in [4.69, 9.17) is 4.74 Å². The maximum absolute atomic E-state index is 13.6. The van der Waals surface area contributed by atoms with E-state index in [1.807, 2.05) is 0 Å². The molecule has 0 amide bonds. The van der Waals surface area contributed by atoms with Crippen molar-refractivity contribution in [1.29, 1.82) is 0 Å². The number of nitrogens with one attached hydrogen (secondary N) is 1. The fraction of sp³-hybridized carbons (Fsp3) is 0.538. The second kappa shape index (κ2) is 6.86. The van der Waals surface area contributed by atoms with E-state index in [0.29, 0.717) is 12.1 Å². The van der Waals surface area contributed by atoms with Crippen LogP contribution in [0.1, 0.15) is 19.4 Å². The predicted octanol–water partition coefficient (Wildman–Crippen LogP) is 1.75. The van der Waals surface area contributed by atoms with Crippen molar-refractivity contribution >= 4 is 9.84 Å². The van der Waals surface area contributed by atoms with Crippen LogP contribution in [0.25, 0.3) is 0 Å². The van der Waals surface area contributed by atoms with E-state index in [1.54, 1.807) is 33.0 Å². The summed E-state index contributed by atoms with van der Waals surface area (Å²) >= 11 is 0. The first kappa shape index (κ1) is 15.9. The molecule has 0 spiro atoms. The van der Waals surface area contributed by atoms with Gasteiger partial charge in [-0.1, -0.05) is 12.1 Å². The molecule has 0 atom stereocenters. The third-order valence-corrected chi connectivity index (χ3v) is 4.92. The minimum Gasteiger partial charge on any atom is -0.489 e. The van der Waals surface area contributed by atoms with Crippen LogP contribution in [0.4, 0.5) is 4.39 Å². The topological polar surface area (TPSA) is 55.4 Å². The Hall–Kier alpha value is -1.14. The van der Waals surface area contributed by atoms with Gasteiger partial charge in [0.2, 0.25) is 0 Å². The summed E-state index contributed by atoms with van der Waals surface area (Å²) in [5, 5.41) is 2.46. The highest BCUT2D eigenvalue weighted by molar-refractivity contribution is 7.91. The van der Waals surface area contributed by atoms with Gasteiger partial charge in [0.05, 0.1) is 11.0 Å². The van der Waals surface area contributed by atoms with E-state index in [-0.39, 0.29) is 18.1 Å². The molecule has 0 bridgehead atoms. The normalized spacial score (nSPS) is 11.8. The van der Waals surface area contributed by atoms with Gasteiger partial charge in [-0.15, -0.1) is 0 Å². The van der Waals surface area contributed by atoms with E-state index in [9.17, 15) is 12.8 Å². The number of halogens is 1. The molecule has 1 aromatic carbocycles. The van der Waals surface area contributed by atoms with Crippen LogP contribution in [0.2, 0.25) is 0 Å². The largest absolute Gasteiger partial charge is 0.489 e. The summed E-state index contributed by atoms with van der Waals surface area (Å²) in [6.07, 6.45) is 0. The molecule has 1 aromatic rings. The summed E-state index contributed by atoms with van der Waals surface area (Å²) in [4.78, 5) is 0. The maximum Gasteiger partial charge on any atom is 0.165 e. The molecule has 0 aliphatic rings. The predicted molar refractivity (Wildman–Crippen MR) is 73.6 cm³/mol. The minimum atomic E-state index is -3.17. The monoisotopic (exact) mass is 289 g/mol. The van der Waals surface area contributed by atoms with E-state index < -0.39 is 20.9 Å². The number of rotatable bonds is 7. The molecule has 6 heteroatoms. The van der Waals surface area contributed by atoms with Crippen LogP contribution in [0.5, 0.6) is 5.75 Å². The standard InChI is InChI=1S/C13H20FNO3S/c1-10(2)19(16,17)8-7-18-13-11(9-15-3)5-4-6-12(13)14/h4-6,10,15H,7-9H2,1-3H3. The Kier molecular flexibility index (Phi) is 5.75. The van der Waals surface area contributed by atoms with Crippen LogP contribution < -0.4 is 10.1 Å². The molecule has 0 saturated heterocycles. The average molecular weight is 289 g/mol. The zero-order valence-corrected chi connectivity index (χ0v) is 12.3. The fourth-order valence-corrected chi connectivity index (χ4v) is 2.33. The molecule has 0 heterocycles. The van der Waals surface area contributed by atoms with E-state index in [1.165, 1.54) is 6.07 Å². The van der Waals surface area contributed by atoms with Gasteiger partial charge in [-0.05, 0) is 27.0 Å². The Morgan fingerprint density at radius 1 is 1.37 bits per heavy atom. The number of para-hydroxylation sites is 1. The van der Waals surface area contributed by atoms with Gasteiger partial charge in [0, 0.05) is 12.1 Å². The molecule has 0 fully saturated rings. The molecule has 0 aromatic heterocycles. The van der Waals surface area contributed by atoms with Gasteiger partial charge in [-0.3, -0.25) is 0 Å². The number of benzene rings is 1. The molecule has 0 saturated carbocycles. The molecule has 0 unspecified atom stereocenters. The van der Waals surface area contributed by atoms with Crippen LogP contribution in [0, 0.1) is 5.82 Å². The Morgan fingerprint density at radius 3 is 2.63 bits per heavy atom. The van der Waals surface area contributed by atoms with Gasteiger partial charge in [-0.25, -0.2) is 12.8 Å². The van der Waals surface area contributed by atoms with Crippen molar-refractivity contribution in [3.8, 4) is 5.75 Å². The van der Waals surface area contributed by atoms with Crippen LogP contribution in [0.15, 0.2) is 18.2 Å². The quantitative estimate of drug-likeness (QED) is 0.831. The van der Waals surface area contributed by atoms with Crippen molar-refractivity contribution < 1.29 is 17.5 Å². The zero-order valence-electron chi connectivity index (χ0n) is 11.4. The lowest BCUT2D eigenvalue weighted by molar-refractivity contribution is 0.317. The second-order valence-electron chi connectivity index (χ2n) is 4.52. The number of ether oxygens (including phenoxy) is 1. The molecular formula is C13H20FNO3S. The highest BCUT2D eigenvalue weighted by Crippen LogP contribution is 2.22. The van der Waals surface area contributed by atoms with Crippen molar-refractivity contribution in [3.63, 3.8) is 0 Å². The van der Waals surface area contributed by atoms with Crippen molar-refractivity contribution in [2.45, 2.75) is 25.6 Å². The second-order valence-corrected chi connectivity index (χ2v) is 7.20. The van der Waals surface area contributed by atoms with Gasteiger partial charge >= 0.3 is 0 Å². The average Bonchev–Trinajstić information content (AvgIpc) is 2.32. The molecule has 0 radical (unpaired) electrons. The smallest absolute Gasteiger partial charge is 0.165 e. The lowest BCUT2D eigenvalue weighted by Gasteiger charge is -2.13. The summed E-state index contributed by atoms with van der Waals surface area (Å²) in [5.41, 5.74) is 0.671. The molecule has 4 nitrogen and oxygen atoms in total. The summed E-state index contributed by atoms with van der Waals surface area (Å²) in [6, 6.07) is 4.64. The molecule has 1 N–H and O–H groups in total. The molecule has 19 heavy (non-hydrogen) atoms. The van der Waals surface area contributed by atoms with Crippen molar-refractivity contribution in [3.05, 3.63) is 29.6 Å². The lowest BCUT2D eigenvalue weighted by Crippen LogP contribution is -2.22. The van der Waals surface area contributed by atoms with Gasteiger partial charge < -0.3 is 10.1 Å². The third kappa shape index (κ3) is 4.47. The molecule has 108 valence electrons. The number of hydrogen-bond acceptors (Lipinski definition) is 4. The maximum atomic E-state index is 13.6. The summed E-state index contributed by atoms with van der Waals surface area (Å²) in [7, 11) is -1.42. The van der Waals surface area contributed by atoms with Crippen molar-refractivity contribution in [1.82, 2.24) is 5.32 Å². The van der Waals surface area contributed by atoms with Gasteiger partial charge in [0.15, 0.2) is 21.4 Å². The number of hydrogen-bond donors (Lipinski definition) is 1. The Labute approximate surface area is 113 Å². The van der Waals surface area contributed by atoms with E-state index in [2.05, 4.69) is 5.32 Å². The Balaban J connectivity index is 2.73. The number of sulfone groups is 1. The van der Waals surface area contributed by atoms with Crippen LogP contribution >= 0.6 is 0 Å². The molecule has 0 aliphatic heterocycles. The lowest BCUT2D eigenvalue weighted by atomic mass is 10.2.